The third-order valence-corrected chi connectivity index (χ3v) is 3.66. The van der Waals surface area contributed by atoms with Gasteiger partial charge in [0.2, 0.25) is 5.95 Å². The lowest BCUT2D eigenvalue weighted by molar-refractivity contribution is 0.891. The highest BCUT2D eigenvalue weighted by Crippen LogP contribution is 2.24. The minimum Gasteiger partial charge on any atom is -0.367 e. The Morgan fingerprint density at radius 1 is 0.955 bits per heavy atom. The first-order valence-electron chi connectivity index (χ1n) is 7.18. The average molecular weight is 357 g/mol. The standard InChI is InChI=1S/C17H17BrN4/c1-11(2)19-16-14-5-3-4-6-15(14)21-17(22-16)20-13-9-7-12(18)8-10-13/h3-11H,1-2H3,(H2,19,20,21,22). The number of aromatic nitrogens is 2. The SMILES string of the molecule is CC(C)Nc1nc(Nc2ccc(Br)cc2)nc2ccccc12. The van der Waals surface area contributed by atoms with Crippen LogP contribution in [-0.4, -0.2) is 16.0 Å². The van der Waals surface area contributed by atoms with E-state index >= 15 is 0 Å². The van der Waals surface area contributed by atoms with Gasteiger partial charge in [0.15, 0.2) is 0 Å². The summed E-state index contributed by atoms with van der Waals surface area (Å²) in [6.45, 7) is 4.19. The summed E-state index contributed by atoms with van der Waals surface area (Å²) >= 11 is 3.43. The van der Waals surface area contributed by atoms with E-state index < -0.39 is 0 Å². The molecule has 0 saturated heterocycles. The van der Waals surface area contributed by atoms with Crippen molar-refractivity contribution in [3.8, 4) is 0 Å². The van der Waals surface area contributed by atoms with Crippen LogP contribution in [-0.2, 0) is 0 Å². The molecule has 0 fully saturated rings. The summed E-state index contributed by atoms with van der Waals surface area (Å²) < 4.78 is 1.04. The summed E-state index contributed by atoms with van der Waals surface area (Å²) in [5.41, 5.74) is 1.87. The Morgan fingerprint density at radius 2 is 1.68 bits per heavy atom. The molecule has 0 saturated carbocycles. The van der Waals surface area contributed by atoms with Gasteiger partial charge in [0.05, 0.1) is 5.52 Å². The van der Waals surface area contributed by atoms with Crippen molar-refractivity contribution in [3.05, 3.63) is 53.0 Å². The smallest absolute Gasteiger partial charge is 0.229 e. The maximum atomic E-state index is 4.61. The summed E-state index contributed by atoms with van der Waals surface area (Å²) in [4.78, 5) is 9.20. The molecule has 2 N–H and O–H groups in total. The summed E-state index contributed by atoms with van der Waals surface area (Å²) in [5.74, 6) is 1.43. The van der Waals surface area contributed by atoms with Gasteiger partial charge in [-0.1, -0.05) is 28.1 Å². The Labute approximate surface area is 138 Å². The molecule has 0 bridgehead atoms. The molecule has 0 aliphatic carbocycles. The van der Waals surface area contributed by atoms with Gasteiger partial charge in [-0.15, -0.1) is 0 Å². The quantitative estimate of drug-likeness (QED) is 0.693. The van der Waals surface area contributed by atoms with Gasteiger partial charge in [-0.05, 0) is 50.2 Å². The Kier molecular flexibility index (Phi) is 4.24. The van der Waals surface area contributed by atoms with Gasteiger partial charge in [-0.25, -0.2) is 4.98 Å². The highest BCUT2D eigenvalue weighted by atomic mass is 79.9. The number of para-hydroxylation sites is 1. The van der Waals surface area contributed by atoms with E-state index in [2.05, 4.69) is 50.4 Å². The normalized spacial score (nSPS) is 10.9. The Morgan fingerprint density at radius 3 is 2.41 bits per heavy atom. The second kappa shape index (κ2) is 6.32. The van der Waals surface area contributed by atoms with Crippen LogP contribution in [0.4, 0.5) is 17.5 Å². The first-order valence-corrected chi connectivity index (χ1v) is 7.97. The van der Waals surface area contributed by atoms with Crippen LogP contribution in [0.25, 0.3) is 10.9 Å². The predicted octanol–water partition coefficient (Wildman–Crippen LogP) is 4.96. The monoisotopic (exact) mass is 356 g/mol. The predicted molar refractivity (Wildman–Crippen MR) is 95.7 cm³/mol. The van der Waals surface area contributed by atoms with Gasteiger partial charge in [0, 0.05) is 21.6 Å². The molecular formula is C17H17BrN4. The molecule has 0 aliphatic heterocycles. The lowest BCUT2D eigenvalue weighted by Gasteiger charge is -2.14. The van der Waals surface area contributed by atoms with Gasteiger partial charge in [0.1, 0.15) is 5.82 Å². The molecule has 0 spiro atoms. The zero-order valence-electron chi connectivity index (χ0n) is 12.5. The lowest BCUT2D eigenvalue weighted by atomic mass is 10.2. The fourth-order valence-electron chi connectivity index (χ4n) is 2.18. The molecule has 112 valence electrons. The van der Waals surface area contributed by atoms with Crippen molar-refractivity contribution in [1.29, 1.82) is 0 Å². The fourth-order valence-corrected chi connectivity index (χ4v) is 2.44. The van der Waals surface area contributed by atoms with Gasteiger partial charge in [-0.2, -0.15) is 4.98 Å². The molecule has 2 aromatic carbocycles. The number of fused-ring (bicyclic) bond motifs is 1. The summed E-state index contributed by atoms with van der Waals surface area (Å²) in [6.07, 6.45) is 0. The maximum Gasteiger partial charge on any atom is 0.229 e. The molecule has 0 atom stereocenters. The topological polar surface area (TPSA) is 49.8 Å². The van der Waals surface area contributed by atoms with Crippen LogP contribution >= 0.6 is 15.9 Å². The van der Waals surface area contributed by atoms with E-state index in [1.54, 1.807) is 0 Å². The van der Waals surface area contributed by atoms with E-state index in [1.165, 1.54) is 0 Å². The Hall–Kier alpha value is -2.14. The highest BCUT2D eigenvalue weighted by Gasteiger charge is 2.08. The van der Waals surface area contributed by atoms with Gasteiger partial charge < -0.3 is 10.6 Å². The fraction of sp³-hybridized carbons (Fsp3) is 0.176. The van der Waals surface area contributed by atoms with Crippen molar-refractivity contribution in [2.75, 3.05) is 10.6 Å². The number of rotatable bonds is 4. The van der Waals surface area contributed by atoms with Crippen LogP contribution in [0.2, 0.25) is 0 Å². The Bertz CT molecular complexity index is 784. The number of nitrogens with one attached hydrogen (secondary N) is 2. The lowest BCUT2D eigenvalue weighted by Crippen LogP contribution is -2.12. The molecule has 0 unspecified atom stereocenters. The Balaban J connectivity index is 2.00. The summed E-state index contributed by atoms with van der Waals surface area (Å²) in [6, 6.07) is 16.2. The third kappa shape index (κ3) is 3.36. The molecular weight excluding hydrogens is 340 g/mol. The van der Waals surface area contributed by atoms with Crippen LogP contribution in [0, 0.1) is 0 Å². The van der Waals surface area contributed by atoms with Crippen LogP contribution in [0.1, 0.15) is 13.8 Å². The minimum absolute atomic E-state index is 0.304. The molecule has 1 heterocycles. The van der Waals surface area contributed by atoms with Gasteiger partial charge in [0.25, 0.3) is 0 Å². The highest BCUT2D eigenvalue weighted by molar-refractivity contribution is 9.10. The average Bonchev–Trinajstić information content (AvgIpc) is 2.49. The second-order valence-corrected chi connectivity index (χ2v) is 6.26. The van der Waals surface area contributed by atoms with E-state index in [4.69, 9.17) is 0 Å². The summed E-state index contributed by atoms with van der Waals surface area (Å²) in [7, 11) is 0. The first-order chi connectivity index (χ1) is 10.6. The number of hydrogen-bond acceptors (Lipinski definition) is 4. The molecule has 1 aromatic heterocycles. The number of nitrogens with zero attached hydrogens (tertiary/aromatic N) is 2. The van der Waals surface area contributed by atoms with Crippen molar-refractivity contribution >= 4 is 44.3 Å². The molecule has 3 rings (SSSR count). The zero-order valence-corrected chi connectivity index (χ0v) is 14.1. The number of halogens is 1. The van der Waals surface area contributed by atoms with E-state index in [1.807, 2.05) is 48.5 Å². The van der Waals surface area contributed by atoms with E-state index in [0.717, 1.165) is 26.9 Å². The van der Waals surface area contributed by atoms with Crippen molar-refractivity contribution in [3.63, 3.8) is 0 Å². The van der Waals surface area contributed by atoms with E-state index in [0.29, 0.717) is 12.0 Å². The zero-order chi connectivity index (χ0) is 15.5. The molecule has 0 amide bonds. The molecule has 22 heavy (non-hydrogen) atoms. The molecule has 3 aromatic rings. The van der Waals surface area contributed by atoms with Crippen LogP contribution in [0.15, 0.2) is 53.0 Å². The first kappa shape index (κ1) is 14.8. The van der Waals surface area contributed by atoms with E-state index in [-0.39, 0.29) is 0 Å². The van der Waals surface area contributed by atoms with Crippen molar-refractivity contribution in [2.24, 2.45) is 0 Å². The number of anilines is 3. The van der Waals surface area contributed by atoms with Gasteiger partial charge in [-0.3, -0.25) is 0 Å². The van der Waals surface area contributed by atoms with Crippen molar-refractivity contribution in [2.45, 2.75) is 19.9 Å². The third-order valence-electron chi connectivity index (χ3n) is 3.13. The number of benzene rings is 2. The van der Waals surface area contributed by atoms with Crippen molar-refractivity contribution in [1.82, 2.24) is 9.97 Å². The van der Waals surface area contributed by atoms with Crippen LogP contribution in [0.5, 0.6) is 0 Å². The molecule has 4 nitrogen and oxygen atoms in total. The van der Waals surface area contributed by atoms with Gasteiger partial charge >= 0.3 is 0 Å². The molecule has 0 aliphatic rings. The summed E-state index contributed by atoms with van der Waals surface area (Å²) in [5, 5.41) is 7.66. The van der Waals surface area contributed by atoms with E-state index in [9.17, 15) is 0 Å². The maximum absolute atomic E-state index is 4.61. The number of hydrogen-bond donors (Lipinski definition) is 2. The largest absolute Gasteiger partial charge is 0.367 e. The van der Waals surface area contributed by atoms with Crippen LogP contribution in [0.3, 0.4) is 0 Å². The minimum atomic E-state index is 0.304. The van der Waals surface area contributed by atoms with Crippen molar-refractivity contribution < 1.29 is 0 Å². The van der Waals surface area contributed by atoms with Crippen LogP contribution < -0.4 is 10.6 Å². The molecule has 5 heteroatoms. The molecule has 0 radical (unpaired) electrons. The second-order valence-electron chi connectivity index (χ2n) is 5.34.